The maximum Gasteiger partial charge on any atom is 0.240 e. The van der Waals surface area contributed by atoms with Crippen LogP contribution in [0.1, 0.15) is 17.0 Å². The molecule has 1 heterocycles. The van der Waals surface area contributed by atoms with Crippen LogP contribution >= 0.6 is 50.9 Å². The maximum atomic E-state index is 12.8. The lowest BCUT2D eigenvalue weighted by atomic mass is 10.1. The van der Waals surface area contributed by atoms with E-state index in [1.54, 1.807) is 34.9 Å². The van der Waals surface area contributed by atoms with Gasteiger partial charge in [-0.2, -0.15) is 0 Å². The monoisotopic (exact) mass is 596 g/mol. The number of sulfonamides is 1. The highest BCUT2D eigenvalue weighted by Gasteiger charge is 2.20. The molecule has 0 aliphatic carbocycles. The second kappa shape index (κ2) is 10.8. The Morgan fingerprint density at radius 2 is 1.76 bits per heavy atom. The number of nitrogens with one attached hydrogen (secondary N) is 1. The van der Waals surface area contributed by atoms with Crippen molar-refractivity contribution in [2.45, 2.75) is 29.3 Å². The number of rotatable bonds is 8. The van der Waals surface area contributed by atoms with E-state index in [9.17, 15) is 8.42 Å². The fourth-order valence-corrected chi connectivity index (χ4v) is 5.96. The van der Waals surface area contributed by atoms with Crippen LogP contribution in [0.5, 0.6) is 0 Å². The third-order valence-corrected chi connectivity index (χ3v) is 8.47. The van der Waals surface area contributed by atoms with Crippen molar-refractivity contribution in [1.82, 2.24) is 19.5 Å². The van der Waals surface area contributed by atoms with Crippen molar-refractivity contribution in [3.63, 3.8) is 0 Å². The quantitative estimate of drug-likeness (QED) is 0.237. The molecule has 176 valence electrons. The number of aromatic nitrogens is 3. The molecule has 1 aromatic heterocycles. The molecule has 0 amide bonds. The maximum absolute atomic E-state index is 12.8. The Kier molecular flexibility index (Phi) is 8.01. The molecule has 0 bridgehead atoms. The molecule has 4 rings (SSSR count). The van der Waals surface area contributed by atoms with Gasteiger partial charge in [-0.05, 0) is 60.5 Å². The minimum Gasteiger partial charge on any atom is -0.271 e. The van der Waals surface area contributed by atoms with Gasteiger partial charge < -0.3 is 0 Å². The van der Waals surface area contributed by atoms with Crippen LogP contribution in [0.25, 0.3) is 5.69 Å². The van der Waals surface area contributed by atoms with Gasteiger partial charge in [0.15, 0.2) is 11.0 Å². The number of nitrogens with zero attached hydrogens (tertiary/aromatic N) is 3. The van der Waals surface area contributed by atoms with Crippen molar-refractivity contribution >= 4 is 60.9 Å². The third-order valence-electron chi connectivity index (χ3n) is 5.01. The molecule has 0 fully saturated rings. The van der Waals surface area contributed by atoms with E-state index in [-0.39, 0.29) is 11.4 Å². The Labute approximate surface area is 220 Å². The first-order valence-electron chi connectivity index (χ1n) is 10.1. The van der Waals surface area contributed by atoms with Crippen molar-refractivity contribution in [2.75, 3.05) is 0 Å². The standard InChI is InChI=1S/C23H19BrCl2N4O2S2/c1-15-4-2-3-5-16(15)14-33-23-29-28-22(30(23)21-11-8-18(25)12-20(21)26)13-27-34(31,32)19-9-6-17(24)7-10-19/h2-12,27H,13-14H2,1H3. The zero-order valence-corrected chi connectivity index (χ0v) is 22.6. The third kappa shape index (κ3) is 5.84. The summed E-state index contributed by atoms with van der Waals surface area (Å²) in [7, 11) is -3.76. The van der Waals surface area contributed by atoms with Crippen LogP contribution in [0.3, 0.4) is 0 Å². The van der Waals surface area contributed by atoms with E-state index < -0.39 is 10.0 Å². The molecule has 0 unspecified atom stereocenters. The van der Waals surface area contributed by atoms with E-state index in [0.717, 1.165) is 4.47 Å². The van der Waals surface area contributed by atoms with Gasteiger partial charge in [-0.1, -0.05) is 75.2 Å². The van der Waals surface area contributed by atoms with Gasteiger partial charge in [0.2, 0.25) is 10.0 Å². The average molecular weight is 598 g/mol. The van der Waals surface area contributed by atoms with E-state index >= 15 is 0 Å². The van der Waals surface area contributed by atoms with Crippen molar-refractivity contribution < 1.29 is 8.42 Å². The van der Waals surface area contributed by atoms with Crippen LogP contribution in [-0.2, 0) is 22.3 Å². The molecule has 1 N–H and O–H groups in total. The smallest absolute Gasteiger partial charge is 0.240 e. The second-order valence-corrected chi connectivity index (χ2v) is 11.8. The van der Waals surface area contributed by atoms with E-state index in [0.29, 0.717) is 32.5 Å². The Morgan fingerprint density at radius 1 is 1.03 bits per heavy atom. The van der Waals surface area contributed by atoms with Gasteiger partial charge in [0.05, 0.1) is 22.2 Å². The van der Waals surface area contributed by atoms with Crippen LogP contribution in [0.15, 0.2) is 81.3 Å². The van der Waals surface area contributed by atoms with Crippen LogP contribution < -0.4 is 4.72 Å². The highest BCUT2D eigenvalue weighted by atomic mass is 79.9. The summed E-state index contributed by atoms with van der Waals surface area (Å²) in [5, 5.41) is 10.1. The number of hydrogen-bond donors (Lipinski definition) is 1. The number of halogens is 3. The Balaban J connectivity index is 1.65. The van der Waals surface area contributed by atoms with Crippen molar-refractivity contribution in [2.24, 2.45) is 0 Å². The summed E-state index contributed by atoms with van der Waals surface area (Å²) in [6, 6.07) is 19.6. The van der Waals surface area contributed by atoms with Crippen molar-refractivity contribution in [3.8, 4) is 5.69 Å². The van der Waals surface area contributed by atoms with Crippen molar-refractivity contribution in [3.05, 3.63) is 98.2 Å². The van der Waals surface area contributed by atoms with E-state index in [2.05, 4.69) is 49.9 Å². The molecule has 11 heteroatoms. The summed E-state index contributed by atoms with van der Waals surface area (Å²) in [4.78, 5) is 0.153. The first-order valence-corrected chi connectivity index (χ1v) is 14.1. The summed E-state index contributed by atoms with van der Waals surface area (Å²) < 4.78 is 30.7. The summed E-state index contributed by atoms with van der Waals surface area (Å²) in [5.74, 6) is 1.07. The molecule has 0 aliphatic heterocycles. The predicted molar refractivity (Wildman–Crippen MR) is 140 cm³/mol. The van der Waals surface area contributed by atoms with Crippen molar-refractivity contribution in [1.29, 1.82) is 0 Å². The Bertz CT molecular complexity index is 1430. The average Bonchev–Trinajstić information content (AvgIpc) is 3.20. The summed E-state index contributed by atoms with van der Waals surface area (Å²) in [5.41, 5.74) is 2.95. The topological polar surface area (TPSA) is 76.9 Å². The molecule has 0 saturated carbocycles. The SMILES string of the molecule is Cc1ccccc1CSc1nnc(CNS(=O)(=O)c2ccc(Br)cc2)n1-c1ccc(Cl)cc1Cl. The molecule has 0 saturated heterocycles. The molecule has 34 heavy (non-hydrogen) atoms. The summed E-state index contributed by atoms with van der Waals surface area (Å²) >= 11 is 17.4. The Morgan fingerprint density at radius 3 is 2.47 bits per heavy atom. The number of aryl methyl sites for hydroxylation is 1. The van der Waals surface area contributed by atoms with Gasteiger partial charge in [-0.3, -0.25) is 4.57 Å². The first kappa shape index (κ1) is 25.2. The number of hydrogen-bond acceptors (Lipinski definition) is 5. The van der Waals surface area contributed by atoms with Crippen LogP contribution in [-0.4, -0.2) is 23.2 Å². The van der Waals surface area contributed by atoms with Gasteiger partial charge in [0, 0.05) is 15.2 Å². The lowest BCUT2D eigenvalue weighted by molar-refractivity contribution is 0.578. The fourth-order valence-electron chi connectivity index (χ4n) is 3.18. The fraction of sp³-hybridized carbons (Fsp3) is 0.130. The molecule has 0 aliphatic rings. The molecule has 4 aromatic rings. The van der Waals surface area contributed by atoms with Gasteiger partial charge in [0.1, 0.15) is 0 Å². The highest BCUT2D eigenvalue weighted by molar-refractivity contribution is 9.10. The summed E-state index contributed by atoms with van der Waals surface area (Å²) in [6.07, 6.45) is 0. The summed E-state index contributed by atoms with van der Waals surface area (Å²) in [6.45, 7) is 1.98. The first-order chi connectivity index (χ1) is 16.2. The zero-order valence-electron chi connectivity index (χ0n) is 17.9. The van der Waals surface area contributed by atoms with Gasteiger partial charge in [-0.25, -0.2) is 13.1 Å². The van der Waals surface area contributed by atoms with Crippen LogP contribution in [0, 0.1) is 6.92 Å². The Hall–Kier alpha value is -1.88. The lowest BCUT2D eigenvalue weighted by Crippen LogP contribution is -2.25. The minimum absolute atomic E-state index is 0.0741. The minimum atomic E-state index is -3.76. The molecular weight excluding hydrogens is 579 g/mol. The molecule has 0 spiro atoms. The normalized spacial score (nSPS) is 11.6. The number of thioether (sulfide) groups is 1. The predicted octanol–water partition coefficient (Wildman–Crippen LogP) is 6.42. The van der Waals surface area contributed by atoms with E-state index in [4.69, 9.17) is 23.2 Å². The molecule has 0 atom stereocenters. The van der Waals surface area contributed by atoms with Gasteiger partial charge in [-0.15, -0.1) is 10.2 Å². The van der Waals surface area contributed by atoms with Gasteiger partial charge in [0.25, 0.3) is 0 Å². The number of benzene rings is 3. The molecule has 3 aromatic carbocycles. The lowest BCUT2D eigenvalue weighted by Gasteiger charge is -2.13. The van der Waals surface area contributed by atoms with E-state index in [1.165, 1.54) is 35.0 Å². The highest BCUT2D eigenvalue weighted by Crippen LogP contribution is 2.31. The van der Waals surface area contributed by atoms with Gasteiger partial charge >= 0.3 is 0 Å². The van der Waals surface area contributed by atoms with E-state index in [1.807, 2.05) is 12.1 Å². The van der Waals surface area contributed by atoms with Crippen LogP contribution in [0.4, 0.5) is 0 Å². The largest absolute Gasteiger partial charge is 0.271 e. The second-order valence-electron chi connectivity index (χ2n) is 7.32. The zero-order chi connectivity index (χ0) is 24.3. The molecule has 0 radical (unpaired) electrons. The molecular formula is C23H19BrCl2N4O2S2. The van der Waals surface area contributed by atoms with Crippen LogP contribution in [0.2, 0.25) is 10.0 Å². The molecule has 6 nitrogen and oxygen atoms in total.